The topological polar surface area (TPSA) is 40.5 Å². The zero-order valence-electron chi connectivity index (χ0n) is 13.6. The summed E-state index contributed by atoms with van der Waals surface area (Å²) in [5, 5.41) is 9.50. The Kier molecular flexibility index (Phi) is 4.43. The summed E-state index contributed by atoms with van der Waals surface area (Å²) in [5.41, 5.74) is 2.28. The van der Waals surface area contributed by atoms with Gasteiger partial charge in [0.1, 0.15) is 0 Å². The minimum atomic E-state index is -0.712. The molecule has 1 aliphatic rings. The largest absolute Gasteiger partial charge is 0.481 e. The van der Waals surface area contributed by atoms with E-state index >= 15 is 0 Å². The van der Waals surface area contributed by atoms with Crippen molar-refractivity contribution in [3.8, 4) is 0 Å². The van der Waals surface area contributed by atoms with Gasteiger partial charge in [-0.05, 0) is 42.5 Å². The zero-order chi connectivity index (χ0) is 15.7. The van der Waals surface area contributed by atoms with Gasteiger partial charge in [-0.25, -0.2) is 0 Å². The molecule has 1 aromatic carbocycles. The first-order valence-corrected chi connectivity index (χ1v) is 7.94. The number of carboxylic acid groups (broad SMARTS) is 1. The molecular formula is C18H27NO2. The summed E-state index contributed by atoms with van der Waals surface area (Å²) in [6.45, 7) is 10.5. The number of nitrogens with zero attached hydrogens (tertiary/aromatic N) is 1. The van der Waals surface area contributed by atoms with E-state index < -0.39 is 5.97 Å². The average molecular weight is 289 g/mol. The van der Waals surface area contributed by atoms with E-state index in [2.05, 4.69) is 50.8 Å². The van der Waals surface area contributed by atoms with Crippen molar-refractivity contribution < 1.29 is 9.90 Å². The predicted molar refractivity (Wildman–Crippen MR) is 85.6 cm³/mol. The lowest BCUT2D eigenvalue weighted by Crippen LogP contribution is -2.51. The predicted octanol–water partition coefficient (Wildman–Crippen LogP) is 3.77. The van der Waals surface area contributed by atoms with Gasteiger partial charge in [-0.3, -0.25) is 9.69 Å². The fourth-order valence-corrected chi connectivity index (χ4v) is 3.97. The zero-order valence-corrected chi connectivity index (χ0v) is 13.6. The van der Waals surface area contributed by atoms with Crippen molar-refractivity contribution >= 4 is 5.97 Å². The summed E-state index contributed by atoms with van der Waals surface area (Å²) in [4.78, 5) is 13.9. The van der Waals surface area contributed by atoms with Gasteiger partial charge in [-0.15, -0.1) is 0 Å². The second-order valence-electron chi connectivity index (χ2n) is 6.70. The molecule has 2 rings (SSSR count). The maximum atomic E-state index is 11.6. The minimum Gasteiger partial charge on any atom is -0.481 e. The highest BCUT2D eigenvalue weighted by Crippen LogP contribution is 2.49. The lowest BCUT2D eigenvalue weighted by atomic mass is 9.63. The summed E-state index contributed by atoms with van der Waals surface area (Å²) in [6, 6.07) is 8.42. The van der Waals surface area contributed by atoms with Gasteiger partial charge >= 0.3 is 5.97 Å². The normalized spacial score (nSPS) is 23.9. The number of hydrogen-bond acceptors (Lipinski definition) is 2. The molecule has 0 saturated carbocycles. The van der Waals surface area contributed by atoms with Crippen LogP contribution < -0.4 is 0 Å². The van der Waals surface area contributed by atoms with Crippen LogP contribution in [0.3, 0.4) is 0 Å². The van der Waals surface area contributed by atoms with Crippen LogP contribution in [-0.4, -0.2) is 29.1 Å². The minimum absolute atomic E-state index is 0.117. The van der Waals surface area contributed by atoms with E-state index in [0.717, 1.165) is 25.9 Å². The van der Waals surface area contributed by atoms with Crippen molar-refractivity contribution in [3.05, 3.63) is 35.4 Å². The van der Waals surface area contributed by atoms with Crippen molar-refractivity contribution in [2.24, 2.45) is 0 Å². The Hall–Kier alpha value is -1.35. The number of carboxylic acids is 1. The van der Waals surface area contributed by atoms with Gasteiger partial charge < -0.3 is 5.11 Å². The summed E-state index contributed by atoms with van der Waals surface area (Å²) < 4.78 is 0. The van der Waals surface area contributed by atoms with Crippen LogP contribution in [-0.2, 0) is 15.7 Å². The van der Waals surface area contributed by atoms with Gasteiger partial charge in [0.2, 0.25) is 0 Å². The van der Waals surface area contributed by atoms with Crippen LogP contribution >= 0.6 is 0 Å². The molecule has 116 valence electrons. The van der Waals surface area contributed by atoms with Gasteiger partial charge in [-0.1, -0.05) is 52.0 Å². The summed E-state index contributed by atoms with van der Waals surface area (Å²) in [5.74, 6) is -0.712. The number of rotatable bonds is 5. The summed E-state index contributed by atoms with van der Waals surface area (Å²) in [6.07, 6.45) is 2.11. The van der Waals surface area contributed by atoms with Crippen LogP contribution in [0.2, 0.25) is 0 Å². The fourth-order valence-electron chi connectivity index (χ4n) is 3.97. The van der Waals surface area contributed by atoms with Crippen molar-refractivity contribution in [1.82, 2.24) is 4.90 Å². The second kappa shape index (κ2) is 5.80. The molecule has 21 heavy (non-hydrogen) atoms. The highest BCUT2D eigenvalue weighted by molar-refractivity contribution is 5.69. The maximum absolute atomic E-state index is 11.6. The van der Waals surface area contributed by atoms with Gasteiger partial charge in [0, 0.05) is 0 Å². The molecule has 3 heteroatoms. The van der Waals surface area contributed by atoms with Crippen LogP contribution in [0, 0.1) is 0 Å². The average Bonchev–Trinajstić information content (AvgIpc) is 2.44. The molecule has 0 aromatic heterocycles. The van der Waals surface area contributed by atoms with Gasteiger partial charge in [-0.2, -0.15) is 0 Å². The van der Waals surface area contributed by atoms with Crippen molar-refractivity contribution in [2.75, 3.05) is 13.1 Å². The number of benzene rings is 1. The molecule has 1 atom stereocenters. The van der Waals surface area contributed by atoms with E-state index in [1.54, 1.807) is 0 Å². The molecule has 0 aliphatic heterocycles. The molecule has 0 radical (unpaired) electrons. The van der Waals surface area contributed by atoms with E-state index in [0.29, 0.717) is 0 Å². The van der Waals surface area contributed by atoms with E-state index in [4.69, 9.17) is 0 Å². The van der Waals surface area contributed by atoms with E-state index in [9.17, 15) is 9.90 Å². The summed E-state index contributed by atoms with van der Waals surface area (Å²) in [7, 11) is 0. The van der Waals surface area contributed by atoms with Crippen LogP contribution in [0.1, 0.15) is 58.1 Å². The van der Waals surface area contributed by atoms with Crippen LogP contribution in [0.4, 0.5) is 0 Å². The monoisotopic (exact) mass is 289 g/mol. The lowest BCUT2D eigenvalue weighted by molar-refractivity contribution is -0.141. The maximum Gasteiger partial charge on any atom is 0.305 e. The molecule has 3 nitrogen and oxygen atoms in total. The van der Waals surface area contributed by atoms with E-state index in [1.807, 2.05) is 6.07 Å². The molecule has 1 aromatic rings. The van der Waals surface area contributed by atoms with Crippen molar-refractivity contribution in [3.63, 3.8) is 0 Å². The summed E-state index contributed by atoms with van der Waals surface area (Å²) >= 11 is 0. The Bertz CT molecular complexity index is 520. The Morgan fingerprint density at radius 2 is 1.71 bits per heavy atom. The van der Waals surface area contributed by atoms with Crippen LogP contribution in [0.25, 0.3) is 0 Å². The molecule has 1 unspecified atom stereocenters. The molecule has 0 spiro atoms. The van der Waals surface area contributed by atoms with Crippen LogP contribution in [0.5, 0.6) is 0 Å². The lowest BCUT2D eigenvalue weighted by Gasteiger charge is -2.50. The Balaban J connectivity index is 2.63. The first kappa shape index (κ1) is 16.0. The van der Waals surface area contributed by atoms with Gasteiger partial charge in [0.05, 0.1) is 12.0 Å². The van der Waals surface area contributed by atoms with Crippen molar-refractivity contribution in [2.45, 2.75) is 57.9 Å². The molecule has 1 aliphatic carbocycles. The first-order chi connectivity index (χ1) is 9.87. The standard InChI is InChI=1S/C18H27NO2/c1-5-19(6-2)18(13-16(20)21)12-11-17(3,4)14-9-7-8-10-15(14)18/h7-10H,5-6,11-13H2,1-4H3,(H,20,21). The van der Waals surface area contributed by atoms with Gasteiger partial charge in [0.15, 0.2) is 0 Å². The first-order valence-electron chi connectivity index (χ1n) is 7.94. The van der Waals surface area contributed by atoms with Crippen molar-refractivity contribution in [1.29, 1.82) is 0 Å². The van der Waals surface area contributed by atoms with E-state index in [1.165, 1.54) is 11.1 Å². The third-order valence-corrected chi connectivity index (χ3v) is 5.13. The number of fused-ring (bicyclic) bond motifs is 1. The molecule has 0 bridgehead atoms. The molecular weight excluding hydrogens is 262 g/mol. The number of carbonyl (C=O) groups is 1. The van der Waals surface area contributed by atoms with Gasteiger partial charge in [0.25, 0.3) is 0 Å². The second-order valence-corrected chi connectivity index (χ2v) is 6.70. The SMILES string of the molecule is CCN(CC)C1(CC(=O)O)CCC(C)(C)c2ccccc21. The Morgan fingerprint density at radius 3 is 2.24 bits per heavy atom. The Labute approximate surface area is 128 Å². The van der Waals surface area contributed by atoms with Crippen LogP contribution in [0.15, 0.2) is 24.3 Å². The smallest absolute Gasteiger partial charge is 0.305 e. The molecule has 0 saturated heterocycles. The molecule has 0 heterocycles. The molecule has 1 N–H and O–H groups in total. The van der Waals surface area contributed by atoms with E-state index in [-0.39, 0.29) is 17.4 Å². The fraction of sp³-hybridized carbons (Fsp3) is 0.611. The molecule has 0 amide bonds. The highest BCUT2D eigenvalue weighted by atomic mass is 16.4. The molecule has 0 fully saturated rings. The Morgan fingerprint density at radius 1 is 1.14 bits per heavy atom. The third-order valence-electron chi connectivity index (χ3n) is 5.13. The number of hydrogen-bond donors (Lipinski definition) is 1. The quantitative estimate of drug-likeness (QED) is 0.897. The number of aliphatic carboxylic acids is 1. The highest BCUT2D eigenvalue weighted by Gasteiger charge is 2.46. The third kappa shape index (κ3) is 2.71.